The number of aryl methyl sites for hydroxylation is 2. The minimum absolute atomic E-state index is 0.188. The van der Waals surface area contributed by atoms with E-state index in [0.717, 1.165) is 128 Å². The molecule has 1 aliphatic rings. The largest absolute Gasteiger partial charge is 0.493 e. The van der Waals surface area contributed by atoms with Gasteiger partial charge in [0.15, 0.2) is 0 Å². The van der Waals surface area contributed by atoms with Crippen LogP contribution in [0.1, 0.15) is 199 Å². The summed E-state index contributed by atoms with van der Waals surface area (Å²) in [6, 6.07) is 76.4. The van der Waals surface area contributed by atoms with E-state index in [9.17, 15) is 0 Å². The first-order valence-corrected chi connectivity index (χ1v) is 38.9. The molecule has 10 aromatic rings. The van der Waals surface area contributed by atoms with E-state index < -0.39 is 15.8 Å². The number of pyridine rings is 2. The Kier molecular flexibility index (Phi) is 23.0. The Balaban J connectivity index is 1.06. The summed E-state index contributed by atoms with van der Waals surface area (Å²) in [5, 5.41) is 5.53. The van der Waals surface area contributed by atoms with Crippen LogP contribution in [0.5, 0.6) is 23.0 Å². The number of benzene rings is 8. The molecule has 0 saturated heterocycles. The van der Waals surface area contributed by atoms with Gasteiger partial charge in [-0.2, -0.15) is 0 Å². The van der Waals surface area contributed by atoms with E-state index in [0.29, 0.717) is 52.1 Å². The maximum absolute atomic E-state index is 7.53. The highest BCUT2D eigenvalue weighted by molar-refractivity contribution is 7.73. The molecule has 11 rings (SSSR count). The topological polar surface area (TPSA) is 62.7 Å². The average Bonchev–Trinajstić information content (AvgIpc) is 0.762. The first kappa shape index (κ1) is 71.4. The lowest BCUT2D eigenvalue weighted by molar-refractivity contribution is 0.292. The maximum Gasteiger partial charge on any atom is 0.130 e. The molecule has 0 spiro atoms. The van der Waals surface area contributed by atoms with E-state index in [1.54, 1.807) is 0 Å². The van der Waals surface area contributed by atoms with Gasteiger partial charge in [-0.3, -0.25) is 9.97 Å². The Morgan fingerprint density at radius 3 is 0.765 bits per heavy atom. The predicted molar refractivity (Wildman–Crippen MR) is 416 cm³/mol. The minimum atomic E-state index is -0.584. The van der Waals surface area contributed by atoms with Crippen molar-refractivity contribution in [2.45, 2.75) is 183 Å². The number of ether oxygens (including phenoxy) is 4. The van der Waals surface area contributed by atoms with Gasteiger partial charge in [-0.1, -0.05) is 279 Å². The highest BCUT2D eigenvalue weighted by Gasteiger charge is 2.30. The van der Waals surface area contributed by atoms with Crippen LogP contribution >= 0.6 is 15.8 Å². The summed E-state index contributed by atoms with van der Waals surface area (Å²) in [6.45, 7) is 34.2. The second kappa shape index (κ2) is 31.5. The van der Waals surface area contributed by atoms with E-state index in [2.05, 4.69) is 303 Å². The summed E-state index contributed by atoms with van der Waals surface area (Å²) >= 11 is 0. The molecule has 0 N–H and O–H groups in total. The van der Waals surface area contributed by atoms with E-state index >= 15 is 0 Å². The molecule has 508 valence electrons. The number of aromatic nitrogens is 2. The van der Waals surface area contributed by atoms with E-state index in [1.807, 2.05) is 0 Å². The number of hydrogen-bond acceptors (Lipinski definition) is 6. The molecule has 0 atom stereocenters. The van der Waals surface area contributed by atoms with Crippen molar-refractivity contribution < 1.29 is 18.9 Å². The Morgan fingerprint density at radius 2 is 0.531 bits per heavy atom. The zero-order valence-electron chi connectivity index (χ0n) is 61.0. The van der Waals surface area contributed by atoms with Gasteiger partial charge in [-0.05, 0) is 188 Å². The predicted octanol–water partition coefficient (Wildman–Crippen LogP) is 20.4. The standard InChI is InChI=1S/C90H104N2O4P2/c1-15-45-93-83-63-49-67-57-73(89(9,10)11)59-69(85(67)95-61-77-33-29-31-75(91-77)43-47-97(79-35-21-17-22-36-79)80-37-23-18-24-38-80)51-65-55-72(88(6,7)8)56-66(84(65)94-46-16-2)52-70-60-74(90(12,13)14)58-68(50-64(83)54-71(53-63)87(3,4)5)86(70)96-62-78-34-30-32-76(92-78)44-48-98(81-39-25-19-26-40-81)82-41-27-20-28-42-82/h17-42,53-60H,15-16,43-52,61-62H2,1-14H3. The smallest absolute Gasteiger partial charge is 0.130 e. The summed E-state index contributed by atoms with van der Waals surface area (Å²) in [4.78, 5) is 10.8. The first-order chi connectivity index (χ1) is 47.0. The fourth-order valence-corrected chi connectivity index (χ4v) is 17.9. The lowest BCUT2D eigenvalue weighted by Crippen LogP contribution is -2.18. The van der Waals surface area contributed by atoms with Gasteiger partial charge >= 0.3 is 0 Å². The Hall–Kier alpha value is -7.88. The Morgan fingerprint density at radius 1 is 0.296 bits per heavy atom. The number of hydrogen-bond donors (Lipinski definition) is 0. The maximum atomic E-state index is 7.53. The molecule has 8 bridgehead atoms. The fraction of sp³-hybridized carbons (Fsp3) is 0.356. The summed E-state index contributed by atoms with van der Waals surface area (Å²) in [5.41, 5.74) is 17.3. The lowest BCUT2D eigenvalue weighted by atomic mass is 9.79. The van der Waals surface area contributed by atoms with Crippen LogP contribution in [0.2, 0.25) is 0 Å². The van der Waals surface area contributed by atoms with Crippen molar-refractivity contribution in [1.82, 2.24) is 9.97 Å². The zero-order chi connectivity index (χ0) is 69.2. The zero-order valence-corrected chi connectivity index (χ0v) is 62.7. The van der Waals surface area contributed by atoms with Gasteiger partial charge in [-0.25, -0.2) is 0 Å². The van der Waals surface area contributed by atoms with Crippen LogP contribution in [0.3, 0.4) is 0 Å². The van der Waals surface area contributed by atoms with Crippen molar-refractivity contribution in [3.63, 3.8) is 0 Å². The molecule has 2 aromatic heterocycles. The fourth-order valence-electron chi connectivity index (χ4n) is 13.3. The van der Waals surface area contributed by atoms with Crippen LogP contribution < -0.4 is 40.2 Å². The molecule has 0 saturated carbocycles. The van der Waals surface area contributed by atoms with Crippen molar-refractivity contribution in [3.8, 4) is 23.0 Å². The molecule has 0 amide bonds. The van der Waals surface area contributed by atoms with Crippen LogP contribution in [0.25, 0.3) is 0 Å². The van der Waals surface area contributed by atoms with Gasteiger partial charge < -0.3 is 18.9 Å². The third kappa shape index (κ3) is 18.1. The first-order valence-electron chi connectivity index (χ1n) is 35.8. The van der Waals surface area contributed by atoms with Crippen LogP contribution in [0, 0.1) is 0 Å². The van der Waals surface area contributed by atoms with Gasteiger partial charge in [0.2, 0.25) is 0 Å². The summed E-state index contributed by atoms with van der Waals surface area (Å²) < 4.78 is 29.6. The molecular formula is C90H104N2O4P2. The molecule has 1 aliphatic carbocycles. The van der Waals surface area contributed by atoms with Crippen LogP contribution in [0.4, 0.5) is 0 Å². The monoisotopic (exact) mass is 1340 g/mol. The van der Waals surface area contributed by atoms with Gasteiger partial charge in [0.1, 0.15) is 36.2 Å². The molecular weight excluding hydrogens is 1230 g/mol. The van der Waals surface area contributed by atoms with Crippen molar-refractivity contribution >= 4 is 37.1 Å². The molecule has 0 fully saturated rings. The Labute approximate surface area is 590 Å². The molecule has 0 aliphatic heterocycles. The third-order valence-corrected chi connectivity index (χ3v) is 23.8. The quantitative estimate of drug-likeness (QED) is 0.0630. The van der Waals surface area contributed by atoms with Crippen molar-refractivity contribution in [2.24, 2.45) is 0 Å². The van der Waals surface area contributed by atoms with E-state index in [4.69, 9.17) is 28.9 Å². The van der Waals surface area contributed by atoms with Gasteiger partial charge in [0.05, 0.1) is 24.6 Å². The van der Waals surface area contributed by atoms with E-state index in [-0.39, 0.29) is 21.7 Å². The average molecular weight is 1340 g/mol. The molecule has 8 aromatic carbocycles. The van der Waals surface area contributed by atoms with E-state index in [1.165, 1.54) is 43.5 Å². The minimum Gasteiger partial charge on any atom is -0.493 e. The highest BCUT2D eigenvalue weighted by atomic mass is 31.1. The number of rotatable bonds is 22. The van der Waals surface area contributed by atoms with Crippen LogP contribution in [0.15, 0.2) is 206 Å². The molecule has 8 heteroatoms. The normalized spacial score (nSPS) is 12.8. The van der Waals surface area contributed by atoms with Crippen LogP contribution in [-0.2, 0) is 73.4 Å². The van der Waals surface area contributed by atoms with Gasteiger partial charge in [0, 0.05) is 37.1 Å². The van der Waals surface area contributed by atoms with Crippen molar-refractivity contribution in [3.05, 3.63) is 296 Å². The lowest BCUT2D eigenvalue weighted by Gasteiger charge is -2.29. The van der Waals surface area contributed by atoms with Crippen molar-refractivity contribution in [2.75, 3.05) is 25.5 Å². The third-order valence-electron chi connectivity index (χ3n) is 18.8. The molecule has 98 heavy (non-hydrogen) atoms. The number of fused-ring (bicyclic) bond motifs is 8. The molecule has 0 radical (unpaired) electrons. The summed E-state index contributed by atoms with van der Waals surface area (Å²) in [6.07, 6.45) is 7.77. The molecule has 6 nitrogen and oxygen atoms in total. The molecule has 2 heterocycles. The van der Waals surface area contributed by atoms with Gasteiger partial charge in [-0.15, -0.1) is 0 Å². The molecule has 0 unspecified atom stereocenters. The second-order valence-corrected chi connectivity index (χ2v) is 35.5. The van der Waals surface area contributed by atoms with Gasteiger partial charge in [0.25, 0.3) is 0 Å². The summed E-state index contributed by atoms with van der Waals surface area (Å²) in [5.74, 6) is 3.66. The second-order valence-electron chi connectivity index (χ2n) is 30.9. The SMILES string of the molecule is CCCOc1c2cc(C(C)(C)C)cc1Cc1cc(C(C)(C)C)cc(c1OCc1cccc(CCP(c3ccccc3)c3ccccc3)n1)Cc1cc(C(C)(C)C)cc(c1OCCC)Cc1cc(C(C)(C)C)cc(c1OCc1cccc(CCP(c3ccccc3)c3ccccc3)n1)C2. The van der Waals surface area contributed by atoms with Crippen molar-refractivity contribution in [1.29, 1.82) is 0 Å². The highest BCUT2D eigenvalue weighted by Crippen LogP contribution is 2.46. The number of nitrogens with zero attached hydrogens (tertiary/aromatic N) is 2. The van der Waals surface area contributed by atoms with Crippen LogP contribution in [-0.4, -0.2) is 35.5 Å². The summed E-state index contributed by atoms with van der Waals surface area (Å²) in [7, 11) is -1.17. The Bertz CT molecular complexity index is 3840.